The van der Waals surface area contributed by atoms with Crippen LogP contribution in [0.15, 0.2) is 64.2 Å². The zero-order chi connectivity index (χ0) is 18.1. The van der Waals surface area contributed by atoms with Gasteiger partial charge < -0.3 is 20.3 Å². The Morgan fingerprint density at radius 3 is 2.58 bits per heavy atom. The van der Waals surface area contributed by atoms with E-state index in [1.807, 2.05) is 30.3 Å². The number of furan rings is 1. The van der Waals surface area contributed by atoms with E-state index < -0.39 is 17.9 Å². The molecule has 26 heavy (non-hydrogen) atoms. The zero-order valence-corrected chi connectivity index (χ0v) is 13.6. The molecule has 0 saturated heterocycles. The van der Waals surface area contributed by atoms with Crippen LogP contribution in [0.1, 0.15) is 22.5 Å². The van der Waals surface area contributed by atoms with Gasteiger partial charge >= 0.3 is 0 Å². The smallest absolute Gasteiger partial charge is 0.286 e. The number of fused-ring (bicyclic) bond motifs is 1. The van der Waals surface area contributed by atoms with Gasteiger partial charge in [0.2, 0.25) is 11.9 Å². The Labute approximate surface area is 148 Å². The lowest BCUT2D eigenvalue weighted by Gasteiger charge is -2.09. The molecule has 1 aliphatic rings. The summed E-state index contributed by atoms with van der Waals surface area (Å²) in [5.41, 5.74) is 7.67. The number of hydrogen-bond donors (Lipinski definition) is 2. The van der Waals surface area contributed by atoms with E-state index >= 15 is 0 Å². The molecule has 4 rings (SSSR count). The van der Waals surface area contributed by atoms with E-state index in [0.29, 0.717) is 23.1 Å². The molecule has 0 bridgehead atoms. The van der Waals surface area contributed by atoms with Crippen LogP contribution in [-0.2, 0) is 9.63 Å². The van der Waals surface area contributed by atoms with Crippen LogP contribution >= 0.6 is 0 Å². The van der Waals surface area contributed by atoms with Gasteiger partial charge in [0.05, 0.1) is 5.71 Å². The van der Waals surface area contributed by atoms with Crippen molar-refractivity contribution in [3.8, 4) is 0 Å². The highest BCUT2D eigenvalue weighted by molar-refractivity contribution is 6.12. The van der Waals surface area contributed by atoms with Crippen LogP contribution in [0.5, 0.6) is 0 Å². The van der Waals surface area contributed by atoms with Crippen molar-refractivity contribution in [2.45, 2.75) is 12.5 Å². The maximum atomic E-state index is 12.6. The Morgan fingerprint density at radius 1 is 1.08 bits per heavy atom. The quantitative estimate of drug-likeness (QED) is 0.755. The number of primary amides is 1. The number of anilines is 1. The number of amides is 2. The minimum Gasteiger partial charge on any atom is -0.449 e. The lowest BCUT2D eigenvalue weighted by Crippen LogP contribution is -2.29. The lowest BCUT2D eigenvalue weighted by atomic mass is 10.0. The monoisotopic (exact) mass is 349 g/mol. The average molecular weight is 349 g/mol. The van der Waals surface area contributed by atoms with Gasteiger partial charge in [-0.05, 0) is 17.7 Å². The van der Waals surface area contributed by atoms with Crippen LogP contribution in [-0.4, -0.2) is 23.6 Å². The molecule has 1 atom stereocenters. The Balaban J connectivity index is 1.56. The van der Waals surface area contributed by atoms with Crippen LogP contribution in [0, 0.1) is 0 Å². The topological polar surface area (TPSA) is 107 Å². The van der Waals surface area contributed by atoms with E-state index in [1.54, 1.807) is 24.3 Å². The van der Waals surface area contributed by atoms with Crippen molar-refractivity contribution in [1.29, 1.82) is 0 Å². The third kappa shape index (κ3) is 2.79. The molecule has 2 heterocycles. The number of rotatable bonds is 4. The van der Waals surface area contributed by atoms with Crippen LogP contribution in [0.4, 0.5) is 5.69 Å². The Morgan fingerprint density at radius 2 is 1.81 bits per heavy atom. The molecule has 2 aromatic carbocycles. The predicted molar refractivity (Wildman–Crippen MR) is 95.8 cm³/mol. The lowest BCUT2D eigenvalue weighted by molar-refractivity contribution is -0.125. The van der Waals surface area contributed by atoms with Crippen LogP contribution in [0.2, 0.25) is 0 Å². The molecular weight excluding hydrogens is 334 g/mol. The average Bonchev–Trinajstić information content (AvgIpc) is 3.28. The fourth-order valence-corrected chi connectivity index (χ4v) is 2.87. The number of hydrogen-bond acceptors (Lipinski definition) is 5. The first-order valence-corrected chi connectivity index (χ1v) is 8.04. The van der Waals surface area contributed by atoms with Gasteiger partial charge in [0.25, 0.3) is 11.8 Å². The zero-order valence-electron chi connectivity index (χ0n) is 13.6. The summed E-state index contributed by atoms with van der Waals surface area (Å²) in [6.07, 6.45) is -0.461. The van der Waals surface area contributed by atoms with Crippen molar-refractivity contribution < 1.29 is 18.8 Å². The number of oxime groups is 1. The standard InChI is InChI=1S/C19H15N3O4/c20-18(23)17-16(12-8-4-5-9-14(12)25-17)21-19(24)15-10-13(22-26-15)11-6-2-1-3-7-11/h1-9,15H,10H2,(H2,20,23)(H,21,24). The summed E-state index contributed by atoms with van der Waals surface area (Å²) in [6, 6.07) is 16.5. The molecule has 1 aliphatic heterocycles. The van der Waals surface area contributed by atoms with Crippen LogP contribution in [0.3, 0.4) is 0 Å². The normalized spacial score (nSPS) is 16.2. The van der Waals surface area contributed by atoms with Gasteiger partial charge in [-0.1, -0.05) is 47.6 Å². The van der Waals surface area contributed by atoms with E-state index in [4.69, 9.17) is 15.0 Å². The SMILES string of the molecule is NC(=O)c1oc2ccccc2c1NC(=O)C1CC(c2ccccc2)=NO1. The van der Waals surface area contributed by atoms with Gasteiger partial charge in [-0.3, -0.25) is 9.59 Å². The second kappa shape index (κ2) is 6.36. The fourth-order valence-electron chi connectivity index (χ4n) is 2.87. The summed E-state index contributed by atoms with van der Waals surface area (Å²) in [7, 11) is 0. The molecule has 7 heteroatoms. The molecule has 0 radical (unpaired) electrons. The maximum absolute atomic E-state index is 12.6. The van der Waals surface area contributed by atoms with Crippen molar-refractivity contribution in [3.63, 3.8) is 0 Å². The summed E-state index contributed by atoms with van der Waals surface area (Å²) in [5.74, 6) is -1.28. The predicted octanol–water partition coefficient (Wildman–Crippen LogP) is 2.66. The van der Waals surface area contributed by atoms with Crippen molar-refractivity contribution in [1.82, 2.24) is 0 Å². The van der Waals surface area contributed by atoms with Crippen molar-refractivity contribution >= 4 is 34.2 Å². The summed E-state index contributed by atoms with van der Waals surface area (Å²) >= 11 is 0. The second-order valence-corrected chi connectivity index (χ2v) is 5.86. The van der Waals surface area contributed by atoms with Gasteiger partial charge in [-0.25, -0.2) is 0 Å². The Bertz CT molecular complexity index is 1020. The first-order valence-electron chi connectivity index (χ1n) is 8.04. The van der Waals surface area contributed by atoms with E-state index in [0.717, 1.165) is 5.56 Å². The van der Waals surface area contributed by atoms with Gasteiger partial charge in [-0.15, -0.1) is 0 Å². The van der Waals surface area contributed by atoms with E-state index in [2.05, 4.69) is 10.5 Å². The van der Waals surface area contributed by atoms with Gasteiger partial charge in [0, 0.05) is 11.8 Å². The fraction of sp³-hybridized carbons (Fsp3) is 0.105. The summed E-state index contributed by atoms with van der Waals surface area (Å²) in [4.78, 5) is 29.5. The van der Waals surface area contributed by atoms with Gasteiger partial charge in [0.1, 0.15) is 11.3 Å². The summed E-state index contributed by atoms with van der Waals surface area (Å²) < 4.78 is 5.46. The molecule has 0 fully saturated rings. The third-order valence-corrected chi connectivity index (χ3v) is 4.14. The summed E-state index contributed by atoms with van der Waals surface area (Å²) in [6.45, 7) is 0. The number of para-hydroxylation sites is 1. The van der Waals surface area contributed by atoms with Crippen LogP contribution in [0.25, 0.3) is 11.0 Å². The highest BCUT2D eigenvalue weighted by Gasteiger charge is 2.31. The van der Waals surface area contributed by atoms with Crippen molar-refractivity contribution in [2.75, 3.05) is 5.32 Å². The van der Waals surface area contributed by atoms with Gasteiger partial charge in [0.15, 0.2) is 0 Å². The van der Waals surface area contributed by atoms with Crippen molar-refractivity contribution in [3.05, 3.63) is 65.9 Å². The molecule has 2 amide bonds. The van der Waals surface area contributed by atoms with Crippen LogP contribution < -0.4 is 11.1 Å². The summed E-state index contributed by atoms with van der Waals surface area (Å²) in [5, 5.41) is 7.29. The number of carbonyl (C=O) groups is 2. The second-order valence-electron chi connectivity index (χ2n) is 5.86. The first kappa shape index (κ1) is 15.9. The maximum Gasteiger partial charge on any atom is 0.286 e. The van der Waals surface area contributed by atoms with Crippen molar-refractivity contribution in [2.24, 2.45) is 10.9 Å². The molecule has 7 nitrogen and oxygen atoms in total. The third-order valence-electron chi connectivity index (χ3n) is 4.14. The first-order chi connectivity index (χ1) is 12.6. The number of nitrogens with one attached hydrogen (secondary N) is 1. The minimum atomic E-state index is -0.792. The Hall–Kier alpha value is -3.61. The molecule has 0 saturated carbocycles. The number of carbonyl (C=O) groups excluding carboxylic acids is 2. The molecule has 0 aliphatic carbocycles. The highest BCUT2D eigenvalue weighted by atomic mass is 16.6. The molecule has 1 aromatic heterocycles. The number of nitrogens with zero attached hydrogens (tertiary/aromatic N) is 1. The van der Waals surface area contributed by atoms with E-state index in [-0.39, 0.29) is 11.4 Å². The highest BCUT2D eigenvalue weighted by Crippen LogP contribution is 2.31. The number of nitrogens with two attached hydrogens (primary N) is 1. The van der Waals surface area contributed by atoms with Gasteiger partial charge in [-0.2, -0.15) is 0 Å². The largest absolute Gasteiger partial charge is 0.449 e. The molecule has 3 aromatic rings. The molecule has 3 N–H and O–H groups in total. The molecule has 1 unspecified atom stereocenters. The number of benzene rings is 2. The van der Waals surface area contributed by atoms with E-state index in [1.165, 1.54) is 0 Å². The Kier molecular flexibility index (Phi) is 3.89. The molecule has 0 spiro atoms. The molecular formula is C19H15N3O4. The minimum absolute atomic E-state index is 0.0956. The molecule has 130 valence electrons. The van der Waals surface area contributed by atoms with E-state index in [9.17, 15) is 9.59 Å².